The third-order valence-electron chi connectivity index (χ3n) is 4.78. The molecule has 6 nitrogen and oxygen atoms in total. The molecule has 0 aromatic carbocycles. The highest BCUT2D eigenvalue weighted by Crippen LogP contribution is 2.48. The van der Waals surface area contributed by atoms with Crippen LogP contribution in [0.1, 0.15) is 24.3 Å². The van der Waals surface area contributed by atoms with Gasteiger partial charge in [0, 0.05) is 45.0 Å². The number of piperidine rings is 1. The first-order chi connectivity index (χ1) is 10.0. The van der Waals surface area contributed by atoms with Crippen molar-refractivity contribution in [1.29, 1.82) is 0 Å². The number of likely N-dealkylation sites (tertiary alicyclic amines) is 2. The van der Waals surface area contributed by atoms with Gasteiger partial charge in [-0.15, -0.1) is 0 Å². The van der Waals surface area contributed by atoms with Crippen molar-refractivity contribution in [1.82, 2.24) is 14.8 Å². The van der Waals surface area contributed by atoms with Crippen LogP contribution in [-0.2, 0) is 4.79 Å². The number of carbonyl (C=O) groups is 2. The van der Waals surface area contributed by atoms with Crippen LogP contribution in [0.5, 0.6) is 0 Å². The molecule has 1 N–H and O–H groups in total. The van der Waals surface area contributed by atoms with Crippen LogP contribution < -0.4 is 0 Å². The average Bonchev–Trinajstić information content (AvgIpc) is 2.73. The van der Waals surface area contributed by atoms with Crippen LogP contribution in [0.3, 0.4) is 0 Å². The van der Waals surface area contributed by atoms with Crippen molar-refractivity contribution in [3.63, 3.8) is 0 Å². The van der Waals surface area contributed by atoms with Crippen molar-refractivity contribution in [2.75, 3.05) is 26.7 Å². The number of carboxylic acid groups (broad SMARTS) is 1. The molecular weight excluding hydrogens is 270 g/mol. The second kappa shape index (κ2) is 5.02. The van der Waals surface area contributed by atoms with Gasteiger partial charge in [-0.3, -0.25) is 9.78 Å². The first kappa shape index (κ1) is 13.9. The number of aromatic nitrogens is 1. The summed E-state index contributed by atoms with van der Waals surface area (Å²) in [4.78, 5) is 31.3. The van der Waals surface area contributed by atoms with Gasteiger partial charge in [0.25, 0.3) is 0 Å². The number of likely N-dealkylation sites (N-methyl/N-ethyl adjacent to an activating group) is 1. The third kappa shape index (κ3) is 2.14. The molecule has 0 saturated carbocycles. The van der Waals surface area contributed by atoms with Gasteiger partial charge < -0.3 is 14.9 Å². The molecule has 0 bridgehead atoms. The minimum Gasteiger partial charge on any atom is -0.465 e. The highest BCUT2D eigenvalue weighted by atomic mass is 16.4. The monoisotopic (exact) mass is 289 g/mol. The fourth-order valence-corrected chi connectivity index (χ4v) is 3.77. The van der Waals surface area contributed by atoms with E-state index in [9.17, 15) is 14.7 Å². The van der Waals surface area contributed by atoms with E-state index in [1.54, 1.807) is 24.3 Å². The van der Waals surface area contributed by atoms with E-state index >= 15 is 0 Å². The van der Waals surface area contributed by atoms with Gasteiger partial charge in [0.15, 0.2) is 0 Å². The Hall–Kier alpha value is -2.11. The quantitative estimate of drug-likeness (QED) is 0.848. The Morgan fingerprint density at radius 3 is 3.00 bits per heavy atom. The zero-order chi connectivity index (χ0) is 15.0. The Bertz CT molecular complexity index is 563. The standard InChI is InChI=1S/C15H19N3O3/c1-17-9-12(11-4-2-6-16-8-11)15(13(17)19)5-3-7-18(10-15)14(20)21/h2,4,6,8,12H,3,5,7,9-10H2,1H3,(H,20,21). The molecule has 3 rings (SSSR count). The number of pyridine rings is 1. The lowest BCUT2D eigenvalue weighted by Gasteiger charge is -2.40. The first-order valence-corrected chi connectivity index (χ1v) is 7.18. The van der Waals surface area contributed by atoms with Crippen molar-refractivity contribution >= 4 is 12.0 Å². The van der Waals surface area contributed by atoms with Crippen LogP contribution in [0.4, 0.5) is 4.79 Å². The van der Waals surface area contributed by atoms with E-state index < -0.39 is 11.5 Å². The zero-order valence-corrected chi connectivity index (χ0v) is 12.0. The van der Waals surface area contributed by atoms with Gasteiger partial charge in [-0.1, -0.05) is 6.07 Å². The van der Waals surface area contributed by atoms with Crippen molar-refractivity contribution < 1.29 is 14.7 Å². The van der Waals surface area contributed by atoms with Gasteiger partial charge in [-0.05, 0) is 24.5 Å². The summed E-state index contributed by atoms with van der Waals surface area (Å²) in [7, 11) is 1.79. The van der Waals surface area contributed by atoms with Crippen LogP contribution in [-0.4, -0.2) is 58.6 Å². The van der Waals surface area contributed by atoms with E-state index in [4.69, 9.17) is 0 Å². The summed E-state index contributed by atoms with van der Waals surface area (Å²) in [6.07, 6.45) is 4.02. The van der Waals surface area contributed by atoms with Gasteiger partial charge >= 0.3 is 6.09 Å². The predicted octanol–water partition coefficient (Wildman–Crippen LogP) is 1.40. The number of amides is 2. The predicted molar refractivity (Wildman–Crippen MR) is 75.9 cm³/mol. The molecule has 2 aliphatic heterocycles. The SMILES string of the molecule is CN1CC(c2cccnc2)C2(CCCN(C(=O)O)C2)C1=O. The summed E-state index contributed by atoms with van der Waals surface area (Å²) in [5, 5.41) is 9.28. The topological polar surface area (TPSA) is 73.7 Å². The van der Waals surface area contributed by atoms with Gasteiger partial charge in [-0.2, -0.15) is 0 Å². The van der Waals surface area contributed by atoms with Crippen molar-refractivity contribution in [3.8, 4) is 0 Å². The van der Waals surface area contributed by atoms with E-state index in [0.717, 1.165) is 18.4 Å². The molecule has 2 aliphatic rings. The third-order valence-corrected chi connectivity index (χ3v) is 4.78. The maximum absolute atomic E-state index is 12.7. The number of rotatable bonds is 1. The summed E-state index contributed by atoms with van der Waals surface area (Å²) >= 11 is 0. The Kier molecular flexibility index (Phi) is 3.31. The van der Waals surface area contributed by atoms with Gasteiger partial charge in [0.05, 0.1) is 5.41 Å². The summed E-state index contributed by atoms with van der Waals surface area (Å²) in [6.45, 7) is 1.41. The summed E-state index contributed by atoms with van der Waals surface area (Å²) in [5.41, 5.74) is 0.386. The molecule has 1 spiro atoms. The van der Waals surface area contributed by atoms with Gasteiger partial charge in [0.1, 0.15) is 0 Å². The normalized spacial score (nSPS) is 29.2. The molecule has 2 saturated heterocycles. The average molecular weight is 289 g/mol. The van der Waals surface area contributed by atoms with Crippen LogP contribution >= 0.6 is 0 Å². The minimum absolute atomic E-state index is 0.00542. The van der Waals surface area contributed by atoms with Gasteiger partial charge in [0.2, 0.25) is 5.91 Å². The van der Waals surface area contributed by atoms with Crippen molar-refractivity contribution in [2.24, 2.45) is 5.41 Å². The second-order valence-electron chi connectivity index (χ2n) is 5.99. The van der Waals surface area contributed by atoms with E-state index in [0.29, 0.717) is 13.1 Å². The van der Waals surface area contributed by atoms with Crippen LogP contribution in [0.15, 0.2) is 24.5 Å². The van der Waals surface area contributed by atoms with E-state index in [-0.39, 0.29) is 18.4 Å². The Balaban J connectivity index is 1.99. The van der Waals surface area contributed by atoms with Crippen LogP contribution in [0.25, 0.3) is 0 Å². The lowest BCUT2D eigenvalue weighted by Crippen LogP contribution is -2.51. The van der Waals surface area contributed by atoms with E-state index in [2.05, 4.69) is 4.98 Å². The fraction of sp³-hybridized carbons (Fsp3) is 0.533. The summed E-state index contributed by atoms with van der Waals surface area (Å²) in [6, 6.07) is 3.84. The van der Waals surface area contributed by atoms with Crippen LogP contribution in [0, 0.1) is 5.41 Å². The largest absolute Gasteiger partial charge is 0.465 e. The highest BCUT2D eigenvalue weighted by molar-refractivity contribution is 5.87. The maximum Gasteiger partial charge on any atom is 0.407 e. The second-order valence-corrected chi connectivity index (χ2v) is 5.99. The summed E-state index contributed by atoms with van der Waals surface area (Å²) < 4.78 is 0. The minimum atomic E-state index is -0.943. The molecule has 112 valence electrons. The zero-order valence-electron chi connectivity index (χ0n) is 12.0. The molecule has 2 atom stereocenters. The number of hydrogen-bond acceptors (Lipinski definition) is 3. The molecule has 2 amide bonds. The van der Waals surface area contributed by atoms with Crippen LogP contribution in [0.2, 0.25) is 0 Å². The summed E-state index contributed by atoms with van der Waals surface area (Å²) in [5.74, 6) is 0.0631. The highest BCUT2D eigenvalue weighted by Gasteiger charge is 2.55. The van der Waals surface area contributed by atoms with E-state index in [1.165, 1.54) is 4.90 Å². The molecule has 21 heavy (non-hydrogen) atoms. The Labute approximate surface area is 123 Å². The smallest absolute Gasteiger partial charge is 0.407 e. The van der Waals surface area contributed by atoms with Gasteiger partial charge in [-0.25, -0.2) is 4.79 Å². The molecule has 3 heterocycles. The van der Waals surface area contributed by atoms with Crippen molar-refractivity contribution in [3.05, 3.63) is 30.1 Å². The number of hydrogen-bond donors (Lipinski definition) is 1. The molecule has 0 radical (unpaired) electrons. The van der Waals surface area contributed by atoms with Crippen molar-refractivity contribution in [2.45, 2.75) is 18.8 Å². The maximum atomic E-state index is 12.7. The molecule has 1 aromatic heterocycles. The Morgan fingerprint density at radius 1 is 1.52 bits per heavy atom. The molecular formula is C15H19N3O3. The molecule has 6 heteroatoms. The molecule has 2 unspecified atom stereocenters. The first-order valence-electron chi connectivity index (χ1n) is 7.18. The molecule has 1 aromatic rings. The molecule has 2 fully saturated rings. The lowest BCUT2D eigenvalue weighted by molar-refractivity contribution is -0.137. The molecule has 0 aliphatic carbocycles. The Morgan fingerprint density at radius 2 is 2.33 bits per heavy atom. The fourth-order valence-electron chi connectivity index (χ4n) is 3.77. The lowest BCUT2D eigenvalue weighted by atomic mass is 9.69. The number of nitrogens with zero attached hydrogens (tertiary/aromatic N) is 3. The number of carbonyl (C=O) groups excluding carboxylic acids is 1. The van der Waals surface area contributed by atoms with E-state index in [1.807, 2.05) is 12.1 Å².